The van der Waals surface area contributed by atoms with E-state index in [2.05, 4.69) is 15.0 Å². The van der Waals surface area contributed by atoms with Gasteiger partial charge in [0.15, 0.2) is 11.3 Å². The van der Waals surface area contributed by atoms with Crippen molar-refractivity contribution in [1.82, 2.24) is 19.7 Å². The van der Waals surface area contributed by atoms with Crippen molar-refractivity contribution in [1.29, 1.82) is 0 Å². The van der Waals surface area contributed by atoms with Gasteiger partial charge in [0.2, 0.25) is 18.0 Å². The Kier molecular flexibility index (Phi) is 10.9. The van der Waals surface area contributed by atoms with Crippen LogP contribution in [0.15, 0.2) is 52.5 Å². The van der Waals surface area contributed by atoms with Gasteiger partial charge in [-0.1, -0.05) is 11.2 Å². The number of carboxylic acids is 1. The average Bonchev–Trinajstić information content (AvgIpc) is 3.46. The first-order chi connectivity index (χ1) is 26.4. The van der Waals surface area contributed by atoms with Crippen LogP contribution in [-0.4, -0.2) is 90.9 Å². The van der Waals surface area contributed by atoms with E-state index < -0.39 is 97.4 Å². The highest BCUT2D eigenvalue weighted by molar-refractivity contribution is 7.46. The molecule has 56 heavy (non-hydrogen) atoms. The molecule has 6 rings (SSSR count). The third-order valence-electron chi connectivity index (χ3n) is 9.75. The molecular formula is C35H36F2N5O13P. The summed E-state index contributed by atoms with van der Waals surface area (Å²) < 4.78 is 56.4. The van der Waals surface area contributed by atoms with Gasteiger partial charge in [-0.15, -0.1) is 0 Å². The molecule has 0 radical (unpaired) electrons. The molecule has 2 aromatic carbocycles. The van der Waals surface area contributed by atoms with E-state index in [1.165, 1.54) is 17.8 Å². The van der Waals surface area contributed by atoms with Crippen LogP contribution in [0.2, 0.25) is 0 Å². The van der Waals surface area contributed by atoms with Crippen molar-refractivity contribution in [2.45, 2.75) is 63.9 Å². The molecule has 3 aliphatic rings. The number of benzene rings is 2. The molecule has 0 unspecified atom stereocenters. The van der Waals surface area contributed by atoms with Gasteiger partial charge in [-0.25, -0.2) is 22.9 Å². The minimum absolute atomic E-state index is 0.0741. The third-order valence-corrected chi connectivity index (χ3v) is 10.2. The van der Waals surface area contributed by atoms with Gasteiger partial charge < -0.3 is 43.6 Å². The van der Waals surface area contributed by atoms with Gasteiger partial charge in [0, 0.05) is 56.0 Å². The van der Waals surface area contributed by atoms with Crippen LogP contribution in [0.25, 0.3) is 0 Å². The zero-order chi connectivity index (χ0) is 40.7. The number of hydrogen-bond donors (Lipinski definition) is 4. The van der Waals surface area contributed by atoms with E-state index in [1.807, 2.05) is 6.92 Å². The SMILES string of the molecule is CC1=NO[C@@]2(CC[C@H](C)N3C[C@H]2n2cc(C(=O)NCc4ccc(F)cc4F)c(=O)c(OCOC(=O)N(C)Cc4cc(C(=O)O)ccc4OP(=O)(O)O)c2C3=O)C1. The van der Waals surface area contributed by atoms with Crippen molar-refractivity contribution in [3.05, 3.63) is 92.4 Å². The normalized spacial score (nSPS) is 20.0. The van der Waals surface area contributed by atoms with Crippen LogP contribution in [0.1, 0.15) is 81.5 Å². The Labute approximate surface area is 316 Å². The van der Waals surface area contributed by atoms with Crippen molar-refractivity contribution < 1.29 is 66.3 Å². The first-order valence-corrected chi connectivity index (χ1v) is 18.6. The fourth-order valence-corrected chi connectivity index (χ4v) is 7.40. The van der Waals surface area contributed by atoms with Crippen LogP contribution in [-0.2, 0) is 27.2 Å². The molecule has 2 bridgehead atoms. The number of carbonyl (C=O) groups is 4. The maximum absolute atomic E-state index is 14.4. The number of halogens is 2. The molecule has 1 fully saturated rings. The number of oxime groups is 1. The second-order valence-electron chi connectivity index (χ2n) is 13.6. The van der Waals surface area contributed by atoms with Gasteiger partial charge in [0.1, 0.15) is 22.9 Å². The van der Waals surface area contributed by atoms with Gasteiger partial charge >= 0.3 is 19.9 Å². The minimum atomic E-state index is -5.09. The summed E-state index contributed by atoms with van der Waals surface area (Å²) in [5.74, 6) is -5.79. The summed E-state index contributed by atoms with van der Waals surface area (Å²) >= 11 is 0. The van der Waals surface area contributed by atoms with Crippen molar-refractivity contribution in [3.8, 4) is 11.5 Å². The van der Waals surface area contributed by atoms with Gasteiger partial charge in [-0.3, -0.25) is 24.2 Å². The van der Waals surface area contributed by atoms with E-state index in [0.717, 1.165) is 35.2 Å². The second-order valence-corrected chi connectivity index (χ2v) is 14.8. The fraction of sp³-hybridized carbons (Fsp3) is 0.371. The number of aromatic carboxylic acids is 1. The summed E-state index contributed by atoms with van der Waals surface area (Å²) in [6.45, 7) is 1.83. The zero-order valence-corrected chi connectivity index (χ0v) is 31.0. The number of amides is 3. The van der Waals surface area contributed by atoms with Crippen molar-refractivity contribution in [3.63, 3.8) is 0 Å². The lowest BCUT2D eigenvalue weighted by molar-refractivity contribution is -0.0657. The molecule has 21 heteroatoms. The van der Waals surface area contributed by atoms with Crippen LogP contribution in [0.4, 0.5) is 13.6 Å². The second kappa shape index (κ2) is 15.4. The molecule has 298 valence electrons. The standard InChI is InChI=1S/C35H36F2N5O13P/c1-18-12-35(55-39-18)9-8-19(2)41-16-27(35)42-15-24(31(44)38-13-21-4-6-23(36)11-25(21)37)29(43)30(28(42)32(41)45)52-17-53-34(48)40(3)14-22-10-20(33(46)47)5-7-26(22)54-56(49,50)51/h4-7,10-11,15,19,27H,8-9,12-14,16-17H2,1-3H3,(H,38,44)(H,46,47)(H2,49,50,51)/t19-,27+,35-/m0/s1. The Morgan fingerprint density at radius 3 is 2.55 bits per heavy atom. The summed E-state index contributed by atoms with van der Waals surface area (Å²) in [7, 11) is -3.89. The molecule has 4 heterocycles. The average molecular weight is 804 g/mol. The number of phosphoric ester groups is 1. The molecule has 1 saturated heterocycles. The third kappa shape index (κ3) is 8.07. The van der Waals surface area contributed by atoms with E-state index in [9.17, 15) is 52.2 Å². The van der Waals surface area contributed by atoms with Gasteiger partial charge in [0.25, 0.3) is 11.8 Å². The maximum atomic E-state index is 14.4. The molecule has 1 spiro atoms. The molecular weight excluding hydrogens is 767 g/mol. The number of fused-ring (bicyclic) bond motifs is 5. The van der Waals surface area contributed by atoms with Crippen LogP contribution >= 0.6 is 7.82 Å². The fourth-order valence-electron chi connectivity index (χ4n) is 6.96. The summed E-state index contributed by atoms with van der Waals surface area (Å²) in [4.78, 5) is 93.5. The molecule has 1 aromatic heterocycles. The summed E-state index contributed by atoms with van der Waals surface area (Å²) in [5, 5.41) is 16.0. The van der Waals surface area contributed by atoms with Crippen LogP contribution in [0.3, 0.4) is 0 Å². The summed E-state index contributed by atoms with van der Waals surface area (Å²) in [6, 6.07) is 4.85. The summed E-state index contributed by atoms with van der Waals surface area (Å²) in [6.07, 6.45) is 1.41. The van der Waals surface area contributed by atoms with E-state index >= 15 is 0 Å². The monoisotopic (exact) mass is 803 g/mol. The lowest BCUT2D eigenvalue weighted by Crippen LogP contribution is -2.52. The van der Waals surface area contributed by atoms with Gasteiger partial charge in [0.05, 0.1) is 23.9 Å². The molecule has 3 atom stereocenters. The highest BCUT2D eigenvalue weighted by Crippen LogP contribution is 2.46. The predicted molar refractivity (Wildman–Crippen MR) is 188 cm³/mol. The van der Waals surface area contributed by atoms with Crippen molar-refractivity contribution in [2.75, 3.05) is 20.4 Å². The summed E-state index contributed by atoms with van der Waals surface area (Å²) in [5.41, 5.74) is -2.60. The first-order valence-electron chi connectivity index (χ1n) is 17.0. The highest BCUT2D eigenvalue weighted by Gasteiger charge is 2.54. The van der Waals surface area contributed by atoms with Gasteiger partial charge in [-0.2, -0.15) is 0 Å². The Hall–Kier alpha value is -5.85. The molecule has 0 saturated carbocycles. The lowest BCUT2D eigenvalue weighted by atomic mass is 9.84. The van der Waals surface area contributed by atoms with E-state index in [-0.39, 0.29) is 35.0 Å². The van der Waals surface area contributed by atoms with Crippen LogP contribution < -0.4 is 20.0 Å². The number of nitrogens with one attached hydrogen (secondary N) is 1. The van der Waals surface area contributed by atoms with E-state index in [1.54, 1.807) is 11.8 Å². The van der Waals surface area contributed by atoms with Crippen LogP contribution in [0.5, 0.6) is 11.5 Å². The number of phosphoric acid groups is 1. The van der Waals surface area contributed by atoms with E-state index in [4.69, 9.17) is 14.3 Å². The molecule has 0 aliphatic carbocycles. The molecule has 18 nitrogen and oxygen atoms in total. The van der Waals surface area contributed by atoms with Crippen molar-refractivity contribution in [2.24, 2.45) is 5.16 Å². The number of carbonyl (C=O) groups excluding carboxylic acids is 3. The Morgan fingerprint density at radius 2 is 1.89 bits per heavy atom. The molecule has 3 aliphatic heterocycles. The quantitative estimate of drug-likeness (QED) is 0.161. The Bertz CT molecular complexity index is 2260. The number of nitrogens with zero attached hydrogens (tertiary/aromatic N) is 4. The predicted octanol–water partition coefficient (Wildman–Crippen LogP) is 3.55. The molecule has 3 aromatic rings. The highest BCUT2D eigenvalue weighted by atomic mass is 31.2. The smallest absolute Gasteiger partial charge is 0.478 e. The molecule has 3 amide bonds. The van der Waals surface area contributed by atoms with Crippen molar-refractivity contribution >= 4 is 37.4 Å². The van der Waals surface area contributed by atoms with Gasteiger partial charge in [-0.05, 0) is 51.0 Å². The Balaban J connectivity index is 1.31. The Morgan fingerprint density at radius 1 is 1.14 bits per heavy atom. The lowest BCUT2D eigenvalue weighted by Gasteiger charge is -2.42. The van der Waals surface area contributed by atoms with Crippen LogP contribution in [0, 0.1) is 11.6 Å². The largest absolute Gasteiger partial charge is 0.524 e. The number of ether oxygens (including phenoxy) is 2. The number of rotatable bonds is 11. The number of aromatic nitrogens is 1. The maximum Gasteiger partial charge on any atom is 0.524 e. The first kappa shape index (κ1) is 39.8. The zero-order valence-electron chi connectivity index (χ0n) is 30.1. The number of carboxylic acid groups (broad SMARTS) is 1. The number of hydrogen-bond acceptors (Lipinski definition) is 11. The molecule has 4 N–H and O–H groups in total. The van der Waals surface area contributed by atoms with E-state index in [0.29, 0.717) is 31.0 Å². The topological polar surface area (TPSA) is 236 Å². The minimum Gasteiger partial charge on any atom is -0.478 e. The number of pyridine rings is 1.